The van der Waals surface area contributed by atoms with Crippen molar-refractivity contribution in [2.75, 3.05) is 0 Å². The molecular weight excluding hydrogens is 226 g/mol. The van der Waals surface area contributed by atoms with Crippen molar-refractivity contribution < 1.29 is 4.42 Å². The number of nitrogens with one attached hydrogen (secondary N) is 1. The standard InChI is InChI=1S/C14H15N3O/c1-11(8-13-5-3-7-18-13)17-10-12-4-2-6-16-14(12)9-15/h2-7,11,17H,8,10H2,1H3. The maximum Gasteiger partial charge on any atom is 0.144 e. The molecular formula is C14H15N3O. The number of aromatic nitrogens is 1. The van der Waals surface area contributed by atoms with Crippen LogP contribution in [0.25, 0.3) is 0 Å². The first-order valence-corrected chi connectivity index (χ1v) is 5.89. The fourth-order valence-electron chi connectivity index (χ4n) is 1.77. The third-order valence-electron chi connectivity index (χ3n) is 2.73. The van der Waals surface area contributed by atoms with Crippen LogP contribution in [0, 0.1) is 11.3 Å². The molecule has 0 spiro atoms. The Kier molecular flexibility index (Phi) is 4.11. The van der Waals surface area contributed by atoms with Gasteiger partial charge in [-0.3, -0.25) is 0 Å². The molecule has 0 aliphatic carbocycles. The summed E-state index contributed by atoms with van der Waals surface area (Å²) in [4.78, 5) is 4.03. The maximum atomic E-state index is 8.94. The average molecular weight is 241 g/mol. The molecule has 92 valence electrons. The van der Waals surface area contributed by atoms with Crippen LogP contribution in [-0.4, -0.2) is 11.0 Å². The molecule has 0 amide bonds. The second kappa shape index (κ2) is 5.99. The van der Waals surface area contributed by atoms with Gasteiger partial charge in [-0.2, -0.15) is 5.26 Å². The molecule has 0 bridgehead atoms. The van der Waals surface area contributed by atoms with Gasteiger partial charge in [0.2, 0.25) is 0 Å². The van der Waals surface area contributed by atoms with Crippen molar-refractivity contribution >= 4 is 0 Å². The topological polar surface area (TPSA) is 61.9 Å². The number of hydrogen-bond acceptors (Lipinski definition) is 4. The molecule has 0 aromatic carbocycles. The average Bonchev–Trinajstić information content (AvgIpc) is 2.89. The third-order valence-corrected chi connectivity index (χ3v) is 2.73. The zero-order valence-corrected chi connectivity index (χ0v) is 10.3. The third kappa shape index (κ3) is 3.19. The Morgan fingerprint density at radius 2 is 2.33 bits per heavy atom. The number of rotatable bonds is 5. The Balaban J connectivity index is 1.89. The van der Waals surface area contributed by atoms with Gasteiger partial charge in [0.15, 0.2) is 0 Å². The Labute approximate surface area is 106 Å². The Morgan fingerprint density at radius 3 is 3.06 bits per heavy atom. The lowest BCUT2D eigenvalue weighted by Crippen LogP contribution is -2.27. The molecule has 2 aromatic rings. The highest BCUT2D eigenvalue weighted by Gasteiger charge is 2.07. The second-order valence-electron chi connectivity index (χ2n) is 4.19. The van der Waals surface area contributed by atoms with Crippen LogP contribution in [0.1, 0.15) is 23.9 Å². The minimum absolute atomic E-state index is 0.280. The van der Waals surface area contributed by atoms with Crippen LogP contribution in [0.2, 0.25) is 0 Å². The van der Waals surface area contributed by atoms with E-state index in [9.17, 15) is 0 Å². The molecule has 2 aromatic heterocycles. The summed E-state index contributed by atoms with van der Waals surface area (Å²) in [6, 6.07) is 9.98. The molecule has 0 fully saturated rings. The van der Waals surface area contributed by atoms with Gasteiger partial charge in [0.25, 0.3) is 0 Å². The van der Waals surface area contributed by atoms with E-state index in [4.69, 9.17) is 9.68 Å². The zero-order valence-electron chi connectivity index (χ0n) is 10.3. The zero-order chi connectivity index (χ0) is 12.8. The molecule has 1 N–H and O–H groups in total. The van der Waals surface area contributed by atoms with E-state index < -0.39 is 0 Å². The molecule has 0 aliphatic heterocycles. The van der Waals surface area contributed by atoms with E-state index in [-0.39, 0.29) is 6.04 Å². The number of nitrogens with zero attached hydrogens (tertiary/aromatic N) is 2. The van der Waals surface area contributed by atoms with Crippen LogP contribution in [0.15, 0.2) is 41.1 Å². The molecule has 4 heteroatoms. The highest BCUT2D eigenvalue weighted by molar-refractivity contribution is 5.30. The summed E-state index contributed by atoms with van der Waals surface area (Å²) in [6.07, 6.45) is 4.14. The summed E-state index contributed by atoms with van der Waals surface area (Å²) in [6.45, 7) is 2.73. The summed E-state index contributed by atoms with van der Waals surface area (Å²) in [5.74, 6) is 0.960. The number of pyridine rings is 1. The minimum atomic E-state index is 0.280. The van der Waals surface area contributed by atoms with Gasteiger partial charge in [0.1, 0.15) is 17.5 Å². The van der Waals surface area contributed by atoms with Crippen molar-refractivity contribution in [3.05, 3.63) is 53.7 Å². The molecule has 0 aliphatic rings. The van der Waals surface area contributed by atoms with Crippen molar-refractivity contribution in [1.82, 2.24) is 10.3 Å². The summed E-state index contributed by atoms with van der Waals surface area (Å²) in [5, 5.41) is 12.3. The quantitative estimate of drug-likeness (QED) is 0.872. The molecule has 0 saturated carbocycles. The van der Waals surface area contributed by atoms with E-state index in [0.717, 1.165) is 17.7 Å². The highest BCUT2D eigenvalue weighted by atomic mass is 16.3. The van der Waals surface area contributed by atoms with E-state index in [1.54, 1.807) is 12.5 Å². The molecule has 0 saturated heterocycles. The van der Waals surface area contributed by atoms with E-state index in [1.165, 1.54) is 0 Å². The van der Waals surface area contributed by atoms with Gasteiger partial charge in [-0.05, 0) is 25.1 Å². The fourth-order valence-corrected chi connectivity index (χ4v) is 1.77. The Morgan fingerprint density at radius 1 is 1.44 bits per heavy atom. The van der Waals surface area contributed by atoms with Crippen LogP contribution in [0.5, 0.6) is 0 Å². The lowest BCUT2D eigenvalue weighted by Gasteiger charge is -2.12. The molecule has 2 rings (SSSR count). The van der Waals surface area contributed by atoms with Crippen LogP contribution < -0.4 is 5.32 Å². The van der Waals surface area contributed by atoms with E-state index in [1.807, 2.05) is 24.3 Å². The SMILES string of the molecule is CC(Cc1ccco1)NCc1cccnc1C#N. The van der Waals surface area contributed by atoms with Gasteiger partial charge < -0.3 is 9.73 Å². The van der Waals surface area contributed by atoms with Gasteiger partial charge in [-0.15, -0.1) is 0 Å². The number of hydrogen-bond donors (Lipinski definition) is 1. The highest BCUT2D eigenvalue weighted by Crippen LogP contribution is 2.07. The normalized spacial score (nSPS) is 12.0. The van der Waals surface area contributed by atoms with Crippen LogP contribution >= 0.6 is 0 Å². The largest absolute Gasteiger partial charge is 0.469 e. The van der Waals surface area contributed by atoms with Crippen molar-refractivity contribution in [2.45, 2.75) is 25.9 Å². The predicted octanol–water partition coefficient (Wildman–Crippen LogP) is 2.27. The molecule has 2 heterocycles. The van der Waals surface area contributed by atoms with Gasteiger partial charge in [-0.1, -0.05) is 6.07 Å². The fraction of sp³-hybridized carbons (Fsp3) is 0.286. The molecule has 1 atom stereocenters. The Bertz CT molecular complexity index is 528. The van der Waals surface area contributed by atoms with Crippen LogP contribution in [0.3, 0.4) is 0 Å². The Hall–Kier alpha value is -2.12. The molecule has 0 radical (unpaired) electrons. The van der Waals surface area contributed by atoms with Gasteiger partial charge in [0, 0.05) is 30.8 Å². The first kappa shape index (κ1) is 12.3. The maximum absolute atomic E-state index is 8.94. The van der Waals surface area contributed by atoms with Crippen molar-refractivity contribution in [3.8, 4) is 6.07 Å². The van der Waals surface area contributed by atoms with Crippen molar-refractivity contribution in [1.29, 1.82) is 5.26 Å². The lowest BCUT2D eigenvalue weighted by atomic mass is 10.1. The minimum Gasteiger partial charge on any atom is -0.469 e. The number of nitriles is 1. The monoisotopic (exact) mass is 241 g/mol. The van der Waals surface area contributed by atoms with Crippen LogP contribution in [-0.2, 0) is 13.0 Å². The molecule has 1 unspecified atom stereocenters. The van der Waals surface area contributed by atoms with Gasteiger partial charge in [0.05, 0.1) is 6.26 Å². The summed E-state index contributed by atoms with van der Waals surface area (Å²) in [5.41, 5.74) is 1.40. The molecule has 4 nitrogen and oxygen atoms in total. The first-order valence-electron chi connectivity index (χ1n) is 5.89. The van der Waals surface area contributed by atoms with E-state index >= 15 is 0 Å². The number of furan rings is 1. The lowest BCUT2D eigenvalue weighted by molar-refractivity contribution is 0.456. The first-order chi connectivity index (χ1) is 8.79. The van der Waals surface area contributed by atoms with Gasteiger partial charge >= 0.3 is 0 Å². The summed E-state index contributed by atoms with van der Waals surface area (Å²) >= 11 is 0. The van der Waals surface area contributed by atoms with Crippen LogP contribution in [0.4, 0.5) is 0 Å². The summed E-state index contributed by atoms with van der Waals surface area (Å²) < 4.78 is 5.30. The van der Waals surface area contributed by atoms with Gasteiger partial charge in [-0.25, -0.2) is 4.98 Å². The molecule has 18 heavy (non-hydrogen) atoms. The predicted molar refractivity (Wildman–Crippen MR) is 67.7 cm³/mol. The van der Waals surface area contributed by atoms with Crippen molar-refractivity contribution in [2.24, 2.45) is 0 Å². The smallest absolute Gasteiger partial charge is 0.144 e. The summed E-state index contributed by atoms with van der Waals surface area (Å²) in [7, 11) is 0. The van der Waals surface area contributed by atoms with Crippen molar-refractivity contribution in [3.63, 3.8) is 0 Å². The van der Waals surface area contributed by atoms with E-state index in [0.29, 0.717) is 12.2 Å². The second-order valence-corrected chi connectivity index (χ2v) is 4.19. The van der Waals surface area contributed by atoms with E-state index in [2.05, 4.69) is 23.3 Å².